The molecule has 0 radical (unpaired) electrons. The van der Waals surface area contributed by atoms with Gasteiger partial charge in [-0.15, -0.1) is 5.11 Å². The molecule has 1 aromatic heterocycles. The summed E-state index contributed by atoms with van der Waals surface area (Å²) in [5, 5.41) is 21.0. The predicted octanol–water partition coefficient (Wildman–Crippen LogP) is 4.68. The molecule has 0 spiro atoms. The maximum Gasteiger partial charge on any atom is 0.328 e. The monoisotopic (exact) mass is 530 g/mol. The Morgan fingerprint density at radius 2 is 1.92 bits per heavy atom. The van der Waals surface area contributed by atoms with Crippen LogP contribution < -0.4 is 15.8 Å². The number of nitrogen functional groups attached to an aromatic ring is 1. The van der Waals surface area contributed by atoms with Gasteiger partial charge in [-0.1, -0.05) is 29.8 Å². The molecule has 11 heteroatoms. The van der Waals surface area contributed by atoms with Crippen LogP contribution in [0, 0.1) is 11.7 Å². The largest absolute Gasteiger partial charge is 0.496 e. The number of halogens is 1. The number of aliphatic carboxylic acids is 1. The lowest BCUT2D eigenvalue weighted by Crippen LogP contribution is -2.36. The fourth-order valence-electron chi connectivity index (χ4n) is 5.47. The molecule has 0 bridgehead atoms. The third-order valence-electron chi connectivity index (χ3n) is 7.34. The van der Waals surface area contributed by atoms with E-state index in [9.17, 15) is 14.0 Å². The van der Waals surface area contributed by atoms with E-state index in [0.717, 1.165) is 22.8 Å². The maximum atomic E-state index is 13.7. The number of rotatable bonds is 7. The first-order chi connectivity index (χ1) is 18.8. The van der Waals surface area contributed by atoms with Crippen molar-refractivity contribution in [2.24, 2.45) is 16.1 Å². The average molecular weight is 531 g/mol. The standard InChI is InChI=1S/C28H27FN6O4/c1-39-22-11-10-20(29)13-21(22)27(38)31-14-17-4-8-19(9-5-17)28(18-6-2-16(3-7-18)12-23(36)37)24-25(30)32-15-33-26(24)34-35-28/h4-5,8-13,15,18H,2-3,6-7,14H2,1H3,(H,31,38)(H,36,37)(H2,30,32,33). The molecule has 1 unspecified atom stereocenters. The number of allylic oxidation sites excluding steroid dienone is 1. The Balaban J connectivity index is 1.41. The molecule has 200 valence electrons. The summed E-state index contributed by atoms with van der Waals surface area (Å²) in [5.74, 6) is -0.925. The molecule has 5 rings (SSSR count). The number of azo groups is 1. The Morgan fingerprint density at radius 1 is 1.18 bits per heavy atom. The van der Waals surface area contributed by atoms with Gasteiger partial charge in [-0.3, -0.25) is 4.79 Å². The second-order valence-corrected chi connectivity index (χ2v) is 9.56. The molecule has 1 atom stereocenters. The van der Waals surface area contributed by atoms with Crippen LogP contribution in [0.1, 0.15) is 52.7 Å². The number of hydrogen-bond donors (Lipinski definition) is 3. The number of nitrogens with one attached hydrogen (secondary N) is 1. The first-order valence-corrected chi connectivity index (χ1v) is 12.5. The Labute approximate surface area is 223 Å². The number of nitrogens with two attached hydrogens (primary N) is 1. The van der Waals surface area contributed by atoms with Crippen molar-refractivity contribution in [1.29, 1.82) is 0 Å². The average Bonchev–Trinajstić information content (AvgIpc) is 3.34. The third kappa shape index (κ3) is 4.95. The molecule has 10 nitrogen and oxygen atoms in total. The number of fused-ring (bicyclic) bond motifs is 1. The Morgan fingerprint density at radius 3 is 2.62 bits per heavy atom. The van der Waals surface area contributed by atoms with Crippen molar-refractivity contribution in [2.45, 2.75) is 37.8 Å². The first-order valence-electron chi connectivity index (χ1n) is 12.5. The van der Waals surface area contributed by atoms with E-state index in [0.29, 0.717) is 42.9 Å². The number of aromatic nitrogens is 2. The van der Waals surface area contributed by atoms with Crippen LogP contribution in [0.4, 0.5) is 16.0 Å². The number of carbonyl (C=O) groups excluding carboxylic acids is 1. The number of nitrogens with zero attached hydrogens (tertiary/aromatic N) is 4. The SMILES string of the molecule is COc1ccc(F)cc1C(=O)NCc1ccc(C2(C3CCC(=CC(=O)O)CC3)N=Nc3ncnc(N)c32)cc1. The lowest BCUT2D eigenvalue weighted by molar-refractivity contribution is -0.131. The van der Waals surface area contributed by atoms with E-state index in [2.05, 4.69) is 20.4 Å². The summed E-state index contributed by atoms with van der Waals surface area (Å²) in [7, 11) is 1.42. The van der Waals surface area contributed by atoms with Crippen LogP contribution in [0.2, 0.25) is 0 Å². The number of carboxylic acid groups (broad SMARTS) is 1. The van der Waals surface area contributed by atoms with Gasteiger partial charge >= 0.3 is 5.97 Å². The third-order valence-corrected chi connectivity index (χ3v) is 7.34. The zero-order valence-corrected chi connectivity index (χ0v) is 21.2. The molecule has 3 aromatic rings. The van der Waals surface area contributed by atoms with Crippen molar-refractivity contribution in [3.8, 4) is 5.75 Å². The van der Waals surface area contributed by atoms with Crippen molar-refractivity contribution >= 4 is 23.5 Å². The molecular formula is C28H27FN6O4. The summed E-state index contributed by atoms with van der Waals surface area (Å²) in [4.78, 5) is 32.3. The van der Waals surface area contributed by atoms with Gasteiger partial charge in [0.1, 0.15) is 29.3 Å². The molecule has 2 aromatic carbocycles. The molecule has 1 amide bonds. The highest BCUT2D eigenvalue weighted by molar-refractivity contribution is 5.96. The summed E-state index contributed by atoms with van der Waals surface area (Å²) >= 11 is 0. The fraction of sp³-hybridized carbons (Fsp3) is 0.286. The number of benzene rings is 2. The lowest BCUT2D eigenvalue weighted by Gasteiger charge is -2.38. The van der Waals surface area contributed by atoms with Gasteiger partial charge < -0.3 is 20.9 Å². The van der Waals surface area contributed by atoms with Crippen LogP contribution in [0.5, 0.6) is 5.75 Å². The minimum Gasteiger partial charge on any atom is -0.496 e. The molecule has 1 aliphatic carbocycles. The number of anilines is 1. The summed E-state index contributed by atoms with van der Waals surface area (Å²) in [5.41, 5.74) is 8.76. The van der Waals surface area contributed by atoms with E-state index < -0.39 is 23.2 Å². The number of methoxy groups -OCH3 is 1. The highest BCUT2D eigenvalue weighted by Gasteiger charge is 2.49. The Hall–Kier alpha value is -4.67. The number of ether oxygens (including phenoxy) is 1. The van der Waals surface area contributed by atoms with E-state index in [1.807, 2.05) is 24.3 Å². The van der Waals surface area contributed by atoms with Crippen LogP contribution in [-0.2, 0) is 16.9 Å². The number of carboxylic acids is 1. The summed E-state index contributed by atoms with van der Waals surface area (Å²) in [6, 6.07) is 11.4. The maximum absolute atomic E-state index is 13.7. The molecule has 0 saturated heterocycles. The van der Waals surface area contributed by atoms with Crippen molar-refractivity contribution in [2.75, 3.05) is 12.8 Å². The van der Waals surface area contributed by atoms with Gasteiger partial charge in [0.15, 0.2) is 5.82 Å². The van der Waals surface area contributed by atoms with Gasteiger partial charge in [-0.2, -0.15) is 5.11 Å². The van der Waals surface area contributed by atoms with Crippen LogP contribution in [0.15, 0.2) is 70.7 Å². The van der Waals surface area contributed by atoms with Gasteiger partial charge in [0.05, 0.1) is 18.2 Å². The van der Waals surface area contributed by atoms with Gasteiger partial charge in [0, 0.05) is 12.6 Å². The molecule has 2 aliphatic rings. The molecule has 39 heavy (non-hydrogen) atoms. The molecular weight excluding hydrogens is 503 g/mol. The van der Waals surface area contributed by atoms with Crippen molar-refractivity contribution in [3.63, 3.8) is 0 Å². The number of amides is 1. The molecule has 2 heterocycles. The normalized spacial score (nSPS) is 19.8. The second kappa shape index (κ2) is 10.6. The quantitative estimate of drug-likeness (QED) is 0.375. The predicted molar refractivity (Wildman–Crippen MR) is 140 cm³/mol. The topological polar surface area (TPSA) is 152 Å². The summed E-state index contributed by atoms with van der Waals surface area (Å²) < 4.78 is 18.9. The molecule has 1 fully saturated rings. The summed E-state index contributed by atoms with van der Waals surface area (Å²) in [6.45, 7) is 0.210. The van der Waals surface area contributed by atoms with Gasteiger partial charge in [0.25, 0.3) is 5.91 Å². The minimum atomic E-state index is -0.944. The van der Waals surface area contributed by atoms with Crippen molar-refractivity contribution < 1.29 is 23.8 Å². The second-order valence-electron chi connectivity index (χ2n) is 9.56. The van der Waals surface area contributed by atoms with E-state index in [4.69, 9.17) is 20.7 Å². The van der Waals surface area contributed by atoms with Crippen LogP contribution in [-0.4, -0.2) is 34.1 Å². The van der Waals surface area contributed by atoms with Gasteiger partial charge in [-0.25, -0.2) is 19.2 Å². The Kier molecular flexibility index (Phi) is 7.05. The molecule has 4 N–H and O–H groups in total. The van der Waals surface area contributed by atoms with Crippen molar-refractivity contribution in [1.82, 2.24) is 15.3 Å². The fourth-order valence-corrected chi connectivity index (χ4v) is 5.47. The van der Waals surface area contributed by atoms with Gasteiger partial charge in [-0.05, 0) is 60.9 Å². The van der Waals surface area contributed by atoms with E-state index in [-0.39, 0.29) is 23.8 Å². The minimum absolute atomic E-state index is 0.00672. The van der Waals surface area contributed by atoms with Crippen LogP contribution >= 0.6 is 0 Å². The zero-order valence-electron chi connectivity index (χ0n) is 21.2. The molecule has 1 aliphatic heterocycles. The first kappa shape index (κ1) is 26.0. The van der Waals surface area contributed by atoms with Crippen LogP contribution in [0.25, 0.3) is 0 Å². The van der Waals surface area contributed by atoms with E-state index in [1.165, 1.54) is 31.6 Å². The van der Waals surface area contributed by atoms with E-state index >= 15 is 0 Å². The Bertz CT molecular complexity index is 1480. The highest BCUT2D eigenvalue weighted by Crippen LogP contribution is 2.54. The van der Waals surface area contributed by atoms with Crippen molar-refractivity contribution in [3.05, 3.63) is 88.5 Å². The summed E-state index contributed by atoms with van der Waals surface area (Å²) in [6.07, 6.45) is 5.29. The lowest BCUT2D eigenvalue weighted by atomic mass is 9.67. The number of hydrogen-bond acceptors (Lipinski definition) is 8. The van der Waals surface area contributed by atoms with Crippen LogP contribution in [0.3, 0.4) is 0 Å². The van der Waals surface area contributed by atoms with Gasteiger partial charge in [0.2, 0.25) is 0 Å². The van der Waals surface area contributed by atoms with E-state index in [1.54, 1.807) is 0 Å². The highest BCUT2D eigenvalue weighted by atomic mass is 19.1. The zero-order chi connectivity index (χ0) is 27.6. The molecule has 1 saturated carbocycles. The smallest absolute Gasteiger partial charge is 0.328 e. The number of carbonyl (C=O) groups is 2.